The molecule has 1 N–H and O–H groups in total. The van der Waals surface area contributed by atoms with Crippen LogP contribution in [0, 0.1) is 13.8 Å². The zero-order valence-electron chi connectivity index (χ0n) is 16.0. The van der Waals surface area contributed by atoms with Gasteiger partial charge in [-0.15, -0.1) is 0 Å². The molecule has 1 amide bonds. The van der Waals surface area contributed by atoms with E-state index in [0.717, 1.165) is 22.2 Å². The molecular weight excluding hydrogens is 463 g/mol. The molecule has 0 saturated heterocycles. The molecule has 2 aromatic carbocycles. The second kappa shape index (κ2) is 8.83. The highest BCUT2D eigenvalue weighted by molar-refractivity contribution is 9.10. The van der Waals surface area contributed by atoms with Crippen LogP contribution in [-0.4, -0.2) is 22.5 Å². The molecule has 0 aliphatic carbocycles. The summed E-state index contributed by atoms with van der Waals surface area (Å²) < 4.78 is 44.6. The third-order valence-electron chi connectivity index (χ3n) is 4.11. The number of nitrogens with zero attached hydrogens (tertiary/aromatic N) is 2. The first-order chi connectivity index (χ1) is 14.1. The van der Waals surface area contributed by atoms with Crippen LogP contribution in [0.1, 0.15) is 16.8 Å². The van der Waals surface area contributed by atoms with E-state index in [4.69, 9.17) is 4.74 Å². The molecule has 0 fully saturated rings. The SMILES string of the molecule is Cc1cc(OCC(=O)Nc2ccc(Br)cc2C)nc(-c2ccc(C(F)(F)F)cc2)n1. The van der Waals surface area contributed by atoms with Gasteiger partial charge in [0.1, 0.15) is 0 Å². The van der Waals surface area contributed by atoms with Crippen LogP contribution in [-0.2, 0) is 11.0 Å². The Morgan fingerprint density at radius 3 is 2.40 bits per heavy atom. The second-order valence-corrected chi connectivity index (χ2v) is 7.46. The highest BCUT2D eigenvalue weighted by Gasteiger charge is 2.30. The molecule has 1 heterocycles. The lowest BCUT2D eigenvalue weighted by Crippen LogP contribution is -2.21. The number of carbonyl (C=O) groups is 1. The summed E-state index contributed by atoms with van der Waals surface area (Å²) in [5, 5.41) is 2.75. The third kappa shape index (κ3) is 5.56. The van der Waals surface area contributed by atoms with Gasteiger partial charge in [-0.25, -0.2) is 4.98 Å². The molecule has 0 saturated carbocycles. The molecule has 3 rings (SSSR count). The minimum Gasteiger partial charge on any atom is -0.467 e. The summed E-state index contributed by atoms with van der Waals surface area (Å²) in [6.45, 7) is 3.29. The van der Waals surface area contributed by atoms with Crippen LogP contribution in [0.2, 0.25) is 0 Å². The van der Waals surface area contributed by atoms with E-state index in [1.54, 1.807) is 19.1 Å². The van der Waals surface area contributed by atoms with Crippen molar-refractivity contribution in [2.75, 3.05) is 11.9 Å². The van der Waals surface area contributed by atoms with Gasteiger partial charge >= 0.3 is 6.18 Å². The van der Waals surface area contributed by atoms with E-state index in [9.17, 15) is 18.0 Å². The Kier molecular flexibility index (Phi) is 6.40. The van der Waals surface area contributed by atoms with Crippen molar-refractivity contribution in [2.24, 2.45) is 0 Å². The number of carbonyl (C=O) groups excluding carboxylic acids is 1. The number of hydrogen-bond acceptors (Lipinski definition) is 4. The maximum atomic E-state index is 12.7. The maximum absolute atomic E-state index is 12.7. The van der Waals surface area contributed by atoms with Crippen molar-refractivity contribution in [3.05, 3.63) is 69.8 Å². The van der Waals surface area contributed by atoms with Crippen LogP contribution < -0.4 is 10.1 Å². The van der Waals surface area contributed by atoms with E-state index < -0.39 is 11.7 Å². The van der Waals surface area contributed by atoms with Crippen molar-refractivity contribution in [1.82, 2.24) is 9.97 Å². The van der Waals surface area contributed by atoms with E-state index in [1.165, 1.54) is 12.1 Å². The minimum absolute atomic E-state index is 0.153. The Hall–Kier alpha value is -2.94. The number of anilines is 1. The fourth-order valence-electron chi connectivity index (χ4n) is 2.64. The summed E-state index contributed by atoms with van der Waals surface area (Å²) >= 11 is 3.36. The van der Waals surface area contributed by atoms with Gasteiger partial charge in [0.15, 0.2) is 12.4 Å². The van der Waals surface area contributed by atoms with Crippen LogP contribution >= 0.6 is 15.9 Å². The van der Waals surface area contributed by atoms with E-state index in [0.29, 0.717) is 16.9 Å². The fraction of sp³-hybridized carbons (Fsp3) is 0.190. The molecule has 0 atom stereocenters. The zero-order chi connectivity index (χ0) is 21.9. The van der Waals surface area contributed by atoms with Gasteiger partial charge in [0, 0.05) is 27.5 Å². The molecule has 0 aliphatic rings. The number of halogens is 4. The van der Waals surface area contributed by atoms with Crippen molar-refractivity contribution in [3.8, 4) is 17.3 Å². The average Bonchev–Trinajstić information content (AvgIpc) is 2.68. The van der Waals surface area contributed by atoms with Crippen LogP contribution in [0.3, 0.4) is 0 Å². The number of amides is 1. The number of benzene rings is 2. The largest absolute Gasteiger partial charge is 0.467 e. The lowest BCUT2D eigenvalue weighted by atomic mass is 10.1. The molecule has 0 unspecified atom stereocenters. The molecule has 1 aromatic heterocycles. The van der Waals surface area contributed by atoms with Crippen molar-refractivity contribution in [1.29, 1.82) is 0 Å². The highest BCUT2D eigenvalue weighted by atomic mass is 79.9. The molecule has 0 spiro atoms. The van der Waals surface area contributed by atoms with Crippen LogP contribution in [0.4, 0.5) is 18.9 Å². The Morgan fingerprint density at radius 1 is 1.07 bits per heavy atom. The van der Waals surface area contributed by atoms with Crippen molar-refractivity contribution < 1.29 is 22.7 Å². The smallest absolute Gasteiger partial charge is 0.416 e. The quantitative estimate of drug-likeness (QED) is 0.520. The lowest BCUT2D eigenvalue weighted by molar-refractivity contribution is -0.137. The summed E-state index contributed by atoms with van der Waals surface area (Å²) in [5.74, 6) is -0.00395. The summed E-state index contributed by atoms with van der Waals surface area (Å²) in [6, 6.07) is 11.5. The van der Waals surface area contributed by atoms with E-state index >= 15 is 0 Å². The van der Waals surface area contributed by atoms with Gasteiger partial charge in [0.25, 0.3) is 5.91 Å². The summed E-state index contributed by atoms with van der Waals surface area (Å²) in [5.41, 5.74) is 1.76. The van der Waals surface area contributed by atoms with Crippen LogP contribution in [0.15, 0.2) is 53.0 Å². The molecule has 156 valence electrons. The first-order valence-electron chi connectivity index (χ1n) is 8.84. The Morgan fingerprint density at radius 2 is 1.77 bits per heavy atom. The maximum Gasteiger partial charge on any atom is 0.416 e. The number of nitrogens with one attached hydrogen (secondary N) is 1. The molecular formula is C21H17BrF3N3O2. The average molecular weight is 480 g/mol. The van der Waals surface area contributed by atoms with Gasteiger partial charge in [0.2, 0.25) is 5.88 Å². The molecule has 30 heavy (non-hydrogen) atoms. The van der Waals surface area contributed by atoms with Gasteiger partial charge in [-0.2, -0.15) is 18.2 Å². The molecule has 0 radical (unpaired) electrons. The molecule has 0 aliphatic heterocycles. The Labute approximate surface area is 179 Å². The van der Waals surface area contributed by atoms with Crippen molar-refractivity contribution in [2.45, 2.75) is 20.0 Å². The van der Waals surface area contributed by atoms with E-state index in [-0.39, 0.29) is 24.2 Å². The summed E-state index contributed by atoms with van der Waals surface area (Å²) in [4.78, 5) is 20.6. The summed E-state index contributed by atoms with van der Waals surface area (Å²) in [6.07, 6.45) is -4.42. The number of alkyl halides is 3. The molecule has 3 aromatic rings. The fourth-order valence-corrected chi connectivity index (χ4v) is 3.12. The van der Waals surface area contributed by atoms with Gasteiger partial charge in [-0.05, 0) is 49.7 Å². The monoisotopic (exact) mass is 479 g/mol. The number of rotatable bonds is 5. The standard InChI is InChI=1S/C21H17BrF3N3O2/c1-12-9-16(22)7-8-17(12)27-18(29)11-30-19-10-13(2)26-20(28-19)14-3-5-15(6-4-14)21(23,24)25/h3-10H,11H2,1-2H3,(H,27,29). The van der Waals surface area contributed by atoms with Crippen LogP contribution in [0.25, 0.3) is 11.4 Å². The molecule has 9 heteroatoms. The second-order valence-electron chi connectivity index (χ2n) is 6.54. The lowest BCUT2D eigenvalue weighted by Gasteiger charge is -2.11. The predicted octanol–water partition coefficient (Wildman–Crippen LogP) is 5.56. The minimum atomic E-state index is -4.42. The van der Waals surface area contributed by atoms with Gasteiger partial charge < -0.3 is 10.1 Å². The van der Waals surface area contributed by atoms with E-state index in [2.05, 4.69) is 31.2 Å². The normalized spacial score (nSPS) is 11.3. The first-order valence-corrected chi connectivity index (χ1v) is 9.63. The van der Waals surface area contributed by atoms with Crippen molar-refractivity contribution >= 4 is 27.5 Å². The molecule has 5 nitrogen and oxygen atoms in total. The predicted molar refractivity (Wildman–Crippen MR) is 110 cm³/mol. The Bertz CT molecular complexity index is 1070. The molecule has 0 bridgehead atoms. The van der Waals surface area contributed by atoms with Gasteiger partial charge in [0.05, 0.1) is 5.56 Å². The van der Waals surface area contributed by atoms with Crippen LogP contribution in [0.5, 0.6) is 5.88 Å². The highest BCUT2D eigenvalue weighted by Crippen LogP contribution is 2.30. The van der Waals surface area contributed by atoms with Crippen molar-refractivity contribution in [3.63, 3.8) is 0 Å². The third-order valence-corrected chi connectivity index (χ3v) is 4.61. The van der Waals surface area contributed by atoms with E-state index in [1.807, 2.05) is 19.1 Å². The van der Waals surface area contributed by atoms with Gasteiger partial charge in [-0.1, -0.05) is 28.1 Å². The number of ether oxygens (including phenoxy) is 1. The number of hydrogen-bond donors (Lipinski definition) is 1. The van der Waals surface area contributed by atoms with Gasteiger partial charge in [-0.3, -0.25) is 4.79 Å². The first kappa shape index (κ1) is 21.8. The topological polar surface area (TPSA) is 64.1 Å². The Balaban J connectivity index is 1.70. The summed E-state index contributed by atoms with van der Waals surface area (Å²) in [7, 11) is 0. The number of aryl methyl sites for hydroxylation is 2. The number of aromatic nitrogens is 2. The zero-order valence-corrected chi connectivity index (χ0v) is 17.6.